The van der Waals surface area contributed by atoms with Gasteiger partial charge in [-0.1, -0.05) is 38.0 Å². The first-order chi connectivity index (χ1) is 8.58. The molecule has 0 aliphatic heterocycles. The van der Waals surface area contributed by atoms with Crippen LogP contribution in [0.15, 0.2) is 22.7 Å². The molecular weight excluding hydrogens is 308 g/mol. The maximum atomic E-state index is 5.81. The molecule has 2 nitrogen and oxygen atoms in total. The molecular formula is C14H19BrN2S. The van der Waals surface area contributed by atoms with E-state index in [2.05, 4.69) is 34.2 Å². The molecule has 0 spiro atoms. The number of benzene rings is 1. The Kier molecular flexibility index (Phi) is 4.62. The second-order valence-electron chi connectivity index (χ2n) is 5.14. The minimum absolute atomic E-state index is 0.439. The van der Waals surface area contributed by atoms with Gasteiger partial charge in [-0.2, -0.15) is 0 Å². The summed E-state index contributed by atoms with van der Waals surface area (Å²) < 4.78 is 0.962. The van der Waals surface area contributed by atoms with E-state index in [1.165, 1.54) is 25.7 Å². The number of hydrogen-bond acceptors (Lipinski definition) is 2. The van der Waals surface area contributed by atoms with E-state index in [-0.39, 0.29) is 0 Å². The zero-order valence-corrected chi connectivity index (χ0v) is 13.0. The van der Waals surface area contributed by atoms with Crippen LogP contribution in [0.25, 0.3) is 0 Å². The summed E-state index contributed by atoms with van der Waals surface area (Å²) in [5, 5.41) is 3.60. The monoisotopic (exact) mass is 326 g/mol. The average Bonchev–Trinajstić information content (AvgIpc) is 2.28. The van der Waals surface area contributed by atoms with Gasteiger partial charge in [0.05, 0.1) is 0 Å². The minimum atomic E-state index is 0.439. The van der Waals surface area contributed by atoms with Gasteiger partial charge in [-0.25, -0.2) is 0 Å². The van der Waals surface area contributed by atoms with Crippen LogP contribution in [0.3, 0.4) is 0 Å². The first-order valence-corrected chi connectivity index (χ1v) is 7.63. The van der Waals surface area contributed by atoms with Crippen LogP contribution in [-0.2, 0) is 0 Å². The molecule has 0 bridgehead atoms. The SMILES string of the molecule is CC1CCCC(Nc2cccc(Br)c2C(N)=S)C1. The van der Waals surface area contributed by atoms with Crippen molar-refractivity contribution in [3.63, 3.8) is 0 Å². The molecule has 0 aromatic heterocycles. The van der Waals surface area contributed by atoms with Crippen LogP contribution < -0.4 is 11.1 Å². The molecule has 0 heterocycles. The van der Waals surface area contributed by atoms with E-state index in [9.17, 15) is 0 Å². The van der Waals surface area contributed by atoms with E-state index < -0.39 is 0 Å². The molecule has 1 aromatic carbocycles. The molecule has 4 heteroatoms. The number of nitrogens with two attached hydrogens (primary N) is 1. The van der Waals surface area contributed by atoms with Crippen LogP contribution in [-0.4, -0.2) is 11.0 Å². The fourth-order valence-electron chi connectivity index (χ4n) is 2.68. The lowest BCUT2D eigenvalue weighted by Gasteiger charge is -2.29. The van der Waals surface area contributed by atoms with Crippen molar-refractivity contribution < 1.29 is 0 Å². The zero-order valence-electron chi connectivity index (χ0n) is 10.6. The maximum Gasteiger partial charge on any atom is 0.107 e. The van der Waals surface area contributed by atoms with Crippen molar-refractivity contribution in [2.75, 3.05) is 5.32 Å². The quantitative estimate of drug-likeness (QED) is 0.822. The highest BCUT2D eigenvalue weighted by molar-refractivity contribution is 9.10. The predicted molar refractivity (Wildman–Crippen MR) is 85.1 cm³/mol. The number of nitrogens with one attached hydrogen (secondary N) is 1. The Morgan fingerprint density at radius 1 is 1.44 bits per heavy atom. The molecule has 1 aliphatic carbocycles. The summed E-state index contributed by atoms with van der Waals surface area (Å²) in [5.74, 6) is 0.802. The molecule has 0 radical (unpaired) electrons. The van der Waals surface area contributed by atoms with E-state index in [0.717, 1.165) is 21.6 Å². The summed E-state index contributed by atoms with van der Waals surface area (Å²) in [5.41, 5.74) is 7.78. The van der Waals surface area contributed by atoms with E-state index >= 15 is 0 Å². The number of anilines is 1. The van der Waals surface area contributed by atoms with Crippen LogP contribution in [0.4, 0.5) is 5.69 Å². The van der Waals surface area contributed by atoms with Crippen molar-refractivity contribution in [2.45, 2.75) is 38.6 Å². The van der Waals surface area contributed by atoms with Gasteiger partial charge in [0, 0.05) is 21.8 Å². The number of thiocarbonyl (C=S) groups is 1. The Balaban J connectivity index is 2.18. The fourth-order valence-corrected chi connectivity index (χ4v) is 3.61. The van der Waals surface area contributed by atoms with Crippen molar-refractivity contribution in [1.82, 2.24) is 0 Å². The normalized spacial score (nSPS) is 23.7. The smallest absolute Gasteiger partial charge is 0.107 e. The zero-order chi connectivity index (χ0) is 13.1. The molecule has 1 saturated carbocycles. The Morgan fingerprint density at radius 3 is 2.89 bits per heavy atom. The lowest BCUT2D eigenvalue weighted by atomic mass is 9.87. The van der Waals surface area contributed by atoms with E-state index in [0.29, 0.717) is 11.0 Å². The molecule has 2 unspecified atom stereocenters. The van der Waals surface area contributed by atoms with Crippen LogP contribution in [0.1, 0.15) is 38.2 Å². The van der Waals surface area contributed by atoms with Gasteiger partial charge in [-0.15, -0.1) is 0 Å². The third kappa shape index (κ3) is 3.23. The lowest BCUT2D eigenvalue weighted by molar-refractivity contribution is 0.358. The average molecular weight is 327 g/mol. The topological polar surface area (TPSA) is 38.0 Å². The van der Waals surface area contributed by atoms with E-state index in [1.807, 2.05) is 12.1 Å². The van der Waals surface area contributed by atoms with Crippen molar-refractivity contribution in [1.29, 1.82) is 0 Å². The summed E-state index contributed by atoms with van der Waals surface area (Å²) in [6, 6.07) is 6.58. The summed E-state index contributed by atoms with van der Waals surface area (Å²) in [6.07, 6.45) is 5.10. The Bertz CT molecular complexity index is 447. The molecule has 1 aromatic rings. The number of rotatable bonds is 3. The first-order valence-electron chi connectivity index (χ1n) is 6.42. The summed E-state index contributed by atoms with van der Waals surface area (Å²) in [4.78, 5) is 0.439. The van der Waals surface area contributed by atoms with Crippen molar-refractivity contribution >= 4 is 38.8 Å². The fraction of sp³-hybridized carbons (Fsp3) is 0.500. The third-order valence-electron chi connectivity index (χ3n) is 3.56. The molecule has 18 heavy (non-hydrogen) atoms. The Hall–Kier alpha value is -0.610. The van der Waals surface area contributed by atoms with Crippen LogP contribution in [0, 0.1) is 5.92 Å². The molecule has 98 valence electrons. The second kappa shape index (κ2) is 6.02. The number of halogens is 1. The Labute approximate surface area is 122 Å². The lowest BCUT2D eigenvalue weighted by Crippen LogP contribution is -2.27. The van der Waals surface area contributed by atoms with Gasteiger partial charge in [0.2, 0.25) is 0 Å². The number of hydrogen-bond donors (Lipinski definition) is 2. The molecule has 2 atom stereocenters. The molecule has 3 N–H and O–H groups in total. The van der Waals surface area contributed by atoms with Gasteiger partial charge in [-0.05, 0) is 46.8 Å². The van der Waals surface area contributed by atoms with E-state index in [4.69, 9.17) is 18.0 Å². The molecule has 1 fully saturated rings. The van der Waals surface area contributed by atoms with E-state index in [1.54, 1.807) is 0 Å². The van der Waals surface area contributed by atoms with Gasteiger partial charge in [0.1, 0.15) is 4.99 Å². The van der Waals surface area contributed by atoms with Gasteiger partial charge >= 0.3 is 0 Å². The van der Waals surface area contributed by atoms with Crippen LogP contribution in [0.2, 0.25) is 0 Å². The predicted octanol–water partition coefficient (Wildman–Crippen LogP) is 4.07. The van der Waals surface area contributed by atoms with Crippen molar-refractivity contribution in [2.24, 2.45) is 11.7 Å². The minimum Gasteiger partial charge on any atom is -0.389 e. The maximum absolute atomic E-state index is 5.81. The van der Waals surface area contributed by atoms with Gasteiger partial charge in [-0.3, -0.25) is 0 Å². The van der Waals surface area contributed by atoms with Gasteiger partial charge < -0.3 is 11.1 Å². The molecule has 1 aliphatic rings. The third-order valence-corrected chi connectivity index (χ3v) is 4.42. The highest BCUT2D eigenvalue weighted by atomic mass is 79.9. The largest absolute Gasteiger partial charge is 0.389 e. The van der Waals surface area contributed by atoms with Crippen molar-refractivity contribution in [3.8, 4) is 0 Å². The molecule has 0 amide bonds. The summed E-state index contributed by atoms with van der Waals surface area (Å²) in [7, 11) is 0. The van der Waals surface area contributed by atoms with Crippen molar-refractivity contribution in [3.05, 3.63) is 28.2 Å². The Morgan fingerprint density at radius 2 is 2.22 bits per heavy atom. The molecule has 2 rings (SSSR count). The van der Waals surface area contributed by atoms with Gasteiger partial charge in [0.25, 0.3) is 0 Å². The summed E-state index contributed by atoms with van der Waals surface area (Å²) in [6.45, 7) is 2.32. The first kappa shape index (κ1) is 13.8. The van der Waals surface area contributed by atoms with Crippen LogP contribution >= 0.6 is 28.1 Å². The highest BCUT2D eigenvalue weighted by Gasteiger charge is 2.20. The summed E-state index contributed by atoms with van der Waals surface area (Å²) >= 11 is 8.65. The standard InChI is InChI=1S/C14H19BrN2S/c1-9-4-2-5-10(8-9)17-12-7-3-6-11(15)13(12)14(16)18/h3,6-7,9-10,17H,2,4-5,8H2,1H3,(H2,16,18). The second-order valence-corrected chi connectivity index (χ2v) is 6.43. The van der Waals surface area contributed by atoms with Crippen LogP contribution in [0.5, 0.6) is 0 Å². The molecule has 0 saturated heterocycles. The van der Waals surface area contributed by atoms with Gasteiger partial charge in [0.15, 0.2) is 0 Å². The highest BCUT2D eigenvalue weighted by Crippen LogP contribution is 2.30.